The molecular formula is C28H22F5N3O3. The molecule has 0 unspecified atom stereocenters. The number of hydrogen-bond donors (Lipinski definition) is 1. The minimum atomic E-state index is -5.03. The Morgan fingerprint density at radius 1 is 0.923 bits per heavy atom. The molecule has 3 aromatic carbocycles. The number of amides is 3. The van der Waals surface area contributed by atoms with Gasteiger partial charge in [-0.15, -0.1) is 0 Å². The average Bonchev–Trinajstić information content (AvgIpc) is 3.30. The number of aryl methyl sites for hydroxylation is 1. The van der Waals surface area contributed by atoms with E-state index in [0.29, 0.717) is 46.7 Å². The van der Waals surface area contributed by atoms with Crippen molar-refractivity contribution in [3.8, 4) is 0 Å². The molecule has 0 atom stereocenters. The van der Waals surface area contributed by atoms with Crippen LogP contribution in [0.3, 0.4) is 0 Å². The Kier molecular flexibility index (Phi) is 6.20. The van der Waals surface area contributed by atoms with Gasteiger partial charge in [0.2, 0.25) is 0 Å². The first-order valence-electron chi connectivity index (χ1n) is 12.0. The third-order valence-electron chi connectivity index (χ3n) is 7.05. The fourth-order valence-corrected chi connectivity index (χ4v) is 4.84. The van der Waals surface area contributed by atoms with Gasteiger partial charge in [0.1, 0.15) is 17.2 Å². The lowest BCUT2D eigenvalue weighted by molar-refractivity contribution is -0.140. The van der Waals surface area contributed by atoms with E-state index in [9.17, 15) is 36.3 Å². The smallest absolute Gasteiger partial charge is 0.355 e. The first-order chi connectivity index (χ1) is 18.3. The third-order valence-corrected chi connectivity index (χ3v) is 7.05. The number of hydrogen-bond acceptors (Lipinski definition) is 4. The summed E-state index contributed by atoms with van der Waals surface area (Å²) in [5, 5.41) is 3.07. The average molecular weight is 543 g/mol. The van der Waals surface area contributed by atoms with Crippen molar-refractivity contribution in [2.24, 2.45) is 0 Å². The summed E-state index contributed by atoms with van der Waals surface area (Å²) in [7, 11) is 0. The number of nitrogens with zero attached hydrogens (tertiary/aromatic N) is 2. The summed E-state index contributed by atoms with van der Waals surface area (Å²) in [6, 6.07) is 10.0. The second-order valence-electron chi connectivity index (χ2n) is 9.95. The van der Waals surface area contributed by atoms with Crippen molar-refractivity contribution in [1.82, 2.24) is 4.90 Å². The summed E-state index contributed by atoms with van der Waals surface area (Å²) in [5.41, 5.74) is -0.813. The summed E-state index contributed by atoms with van der Waals surface area (Å²) in [4.78, 5) is 40.5. The Bertz CT molecular complexity index is 1530. The predicted octanol–water partition coefficient (Wildman–Crippen LogP) is 6.60. The van der Waals surface area contributed by atoms with Crippen LogP contribution in [0.2, 0.25) is 0 Å². The molecule has 1 aliphatic carbocycles. The van der Waals surface area contributed by atoms with E-state index in [1.807, 2.05) is 6.07 Å². The van der Waals surface area contributed by atoms with Crippen LogP contribution in [0.5, 0.6) is 0 Å². The van der Waals surface area contributed by atoms with Crippen molar-refractivity contribution in [3.63, 3.8) is 0 Å². The van der Waals surface area contributed by atoms with Crippen LogP contribution in [0, 0.1) is 11.6 Å². The molecule has 1 fully saturated rings. The first-order valence-corrected chi connectivity index (χ1v) is 12.0. The second-order valence-corrected chi connectivity index (χ2v) is 9.95. The van der Waals surface area contributed by atoms with Gasteiger partial charge in [-0.05, 0) is 73.9 Å². The third kappa shape index (κ3) is 4.62. The number of benzene rings is 3. The molecule has 0 aromatic heterocycles. The summed E-state index contributed by atoms with van der Waals surface area (Å²) < 4.78 is 67.9. The van der Waals surface area contributed by atoms with E-state index in [4.69, 9.17) is 0 Å². The van der Waals surface area contributed by atoms with E-state index in [0.717, 1.165) is 16.5 Å². The minimum Gasteiger partial charge on any atom is -0.355 e. The highest BCUT2D eigenvalue weighted by atomic mass is 19.4. The van der Waals surface area contributed by atoms with Gasteiger partial charge in [-0.1, -0.05) is 12.1 Å². The predicted molar refractivity (Wildman–Crippen MR) is 133 cm³/mol. The maximum atomic E-state index is 14.2. The number of halogens is 5. The molecule has 1 heterocycles. The zero-order chi connectivity index (χ0) is 28.3. The first kappa shape index (κ1) is 26.3. The molecule has 3 aromatic rings. The number of rotatable bonds is 5. The molecule has 1 saturated heterocycles. The molecule has 0 radical (unpaired) electrons. The van der Waals surface area contributed by atoms with Gasteiger partial charge in [-0.2, -0.15) is 13.2 Å². The van der Waals surface area contributed by atoms with Gasteiger partial charge in [-0.3, -0.25) is 9.59 Å². The number of anilines is 3. The SMILES string of the molecule is CC1(C)C(=O)N(c2ccc(F)c(C(F)(F)F)c2)C(=O)N1Cc1ccc(F)cc1Nc1ccc2c(c1)C(=O)CC2. The molecular weight excluding hydrogens is 521 g/mol. The molecule has 11 heteroatoms. The molecule has 39 heavy (non-hydrogen) atoms. The number of carbonyl (C=O) groups excluding carboxylic acids is 3. The molecule has 202 valence electrons. The second kappa shape index (κ2) is 9.18. The standard InChI is InChI=1S/C28H22F5N3O3/c1-27(2)25(38)36(19-8-9-22(30)21(13-19)28(31,32)33)26(39)35(27)14-16-3-6-17(29)11-23(16)34-18-7-4-15-5-10-24(37)20(15)12-18/h3-4,6-9,11-13,34H,5,10,14H2,1-2H3. The maximum Gasteiger partial charge on any atom is 0.419 e. The lowest BCUT2D eigenvalue weighted by Gasteiger charge is -2.28. The molecule has 0 spiro atoms. The highest BCUT2D eigenvalue weighted by Gasteiger charge is 2.52. The lowest BCUT2D eigenvalue weighted by Crippen LogP contribution is -2.43. The van der Waals surface area contributed by atoms with E-state index in [2.05, 4.69) is 5.32 Å². The molecule has 3 amide bonds. The van der Waals surface area contributed by atoms with Gasteiger partial charge >= 0.3 is 12.2 Å². The Morgan fingerprint density at radius 3 is 2.38 bits per heavy atom. The van der Waals surface area contributed by atoms with Crippen molar-refractivity contribution >= 4 is 34.8 Å². The normalized spacial score (nSPS) is 16.7. The van der Waals surface area contributed by atoms with Crippen LogP contribution in [0.15, 0.2) is 54.6 Å². The zero-order valence-corrected chi connectivity index (χ0v) is 20.8. The molecule has 2 aliphatic rings. The molecule has 5 rings (SSSR count). The molecule has 0 bridgehead atoms. The number of carbonyl (C=O) groups is 3. The van der Waals surface area contributed by atoms with E-state index < -0.39 is 46.5 Å². The fraction of sp³-hybridized carbons (Fsp3) is 0.250. The van der Waals surface area contributed by atoms with Gasteiger partial charge in [0.15, 0.2) is 5.78 Å². The van der Waals surface area contributed by atoms with Gasteiger partial charge in [0.25, 0.3) is 5.91 Å². The lowest BCUT2D eigenvalue weighted by atomic mass is 10.0. The molecule has 1 N–H and O–H groups in total. The van der Waals surface area contributed by atoms with Crippen LogP contribution in [0.4, 0.5) is 43.8 Å². The van der Waals surface area contributed by atoms with Crippen LogP contribution >= 0.6 is 0 Å². The summed E-state index contributed by atoms with van der Waals surface area (Å²) >= 11 is 0. The molecule has 6 nitrogen and oxygen atoms in total. The monoisotopic (exact) mass is 543 g/mol. The van der Waals surface area contributed by atoms with Crippen molar-refractivity contribution in [2.75, 3.05) is 10.2 Å². The van der Waals surface area contributed by atoms with Crippen molar-refractivity contribution in [1.29, 1.82) is 0 Å². The van der Waals surface area contributed by atoms with Crippen molar-refractivity contribution < 1.29 is 36.3 Å². The zero-order valence-electron chi connectivity index (χ0n) is 20.8. The number of ketones is 1. The number of urea groups is 1. The highest BCUT2D eigenvalue weighted by molar-refractivity contribution is 6.23. The topological polar surface area (TPSA) is 69.7 Å². The minimum absolute atomic E-state index is 0.00519. The van der Waals surface area contributed by atoms with E-state index >= 15 is 0 Å². The van der Waals surface area contributed by atoms with E-state index in [1.54, 1.807) is 12.1 Å². The highest BCUT2D eigenvalue weighted by Crippen LogP contribution is 2.39. The molecule has 1 aliphatic heterocycles. The van der Waals surface area contributed by atoms with E-state index in [-0.39, 0.29) is 18.0 Å². The number of Topliss-reactive ketones (excluding diaryl/α,β-unsaturated/α-hetero) is 1. The van der Waals surface area contributed by atoms with Crippen molar-refractivity contribution in [2.45, 2.75) is 44.9 Å². The number of fused-ring (bicyclic) bond motifs is 1. The van der Waals surface area contributed by atoms with Gasteiger partial charge in [-0.25, -0.2) is 18.5 Å². The fourth-order valence-electron chi connectivity index (χ4n) is 4.84. The van der Waals surface area contributed by atoms with Crippen LogP contribution in [0.1, 0.15) is 47.3 Å². The van der Waals surface area contributed by atoms with Crippen LogP contribution in [0.25, 0.3) is 0 Å². The van der Waals surface area contributed by atoms with Gasteiger partial charge in [0, 0.05) is 23.4 Å². The number of imide groups is 1. The Balaban J connectivity index is 1.47. The van der Waals surface area contributed by atoms with Crippen molar-refractivity contribution in [3.05, 3.63) is 88.5 Å². The summed E-state index contributed by atoms with van der Waals surface area (Å²) in [6.07, 6.45) is -3.97. The largest absolute Gasteiger partial charge is 0.419 e. The number of nitrogens with one attached hydrogen (secondary N) is 1. The quantitative estimate of drug-likeness (QED) is 0.291. The summed E-state index contributed by atoms with van der Waals surface area (Å²) in [6.45, 7) is 2.67. The van der Waals surface area contributed by atoms with Gasteiger partial charge in [0.05, 0.1) is 17.8 Å². The Hall–Kier alpha value is -4.28. The van der Waals surface area contributed by atoms with Crippen LogP contribution in [-0.2, 0) is 23.9 Å². The van der Waals surface area contributed by atoms with E-state index in [1.165, 1.54) is 32.0 Å². The maximum absolute atomic E-state index is 14.2. The molecule has 0 saturated carbocycles. The van der Waals surface area contributed by atoms with Gasteiger partial charge < -0.3 is 10.2 Å². The number of alkyl halides is 3. The summed E-state index contributed by atoms with van der Waals surface area (Å²) in [5.74, 6) is -2.91. The Labute approximate surface area is 220 Å². The van der Waals surface area contributed by atoms with Crippen LogP contribution in [-0.4, -0.2) is 28.2 Å². The Morgan fingerprint density at radius 2 is 1.67 bits per heavy atom. The van der Waals surface area contributed by atoms with Crippen LogP contribution < -0.4 is 10.2 Å².